The highest BCUT2D eigenvalue weighted by molar-refractivity contribution is 5.94. The van der Waals surface area contributed by atoms with E-state index in [2.05, 4.69) is 26.9 Å². The first-order valence-corrected chi connectivity index (χ1v) is 6.76. The van der Waals surface area contributed by atoms with Gasteiger partial charge in [-0.05, 0) is 19.9 Å². The van der Waals surface area contributed by atoms with Crippen molar-refractivity contribution in [3.63, 3.8) is 0 Å². The second kappa shape index (κ2) is 6.51. The van der Waals surface area contributed by atoms with Gasteiger partial charge >= 0.3 is 5.97 Å². The maximum absolute atomic E-state index is 11.7. The van der Waals surface area contributed by atoms with Crippen LogP contribution in [-0.4, -0.2) is 53.2 Å². The number of likely N-dealkylation sites (N-methyl/N-ethyl adjacent to an activating group) is 1. The van der Waals surface area contributed by atoms with Crippen molar-refractivity contribution in [2.75, 3.05) is 20.1 Å². The molecule has 0 aliphatic heterocycles. The first kappa shape index (κ1) is 14.5. The van der Waals surface area contributed by atoms with E-state index in [1.807, 2.05) is 0 Å². The van der Waals surface area contributed by atoms with Crippen LogP contribution in [0.1, 0.15) is 46.7 Å². The lowest BCUT2D eigenvalue weighted by atomic mass is 10.2. The topological polar surface area (TPSA) is 95.7 Å². The number of aromatic nitrogens is 1. The number of rotatable bonds is 6. The van der Waals surface area contributed by atoms with Crippen LogP contribution in [0.2, 0.25) is 0 Å². The number of carboxylic acid groups (broad SMARTS) is 1. The minimum Gasteiger partial charge on any atom is -0.475 e. The number of carboxylic acids is 1. The first-order valence-electron chi connectivity index (χ1n) is 6.76. The molecule has 0 atom stereocenters. The van der Waals surface area contributed by atoms with Crippen molar-refractivity contribution in [2.45, 2.75) is 31.7 Å². The Bertz CT molecular complexity index is 480. The molecule has 0 unspecified atom stereocenters. The summed E-state index contributed by atoms with van der Waals surface area (Å²) in [5.74, 6) is -1.99. The molecule has 7 nitrogen and oxygen atoms in total. The van der Waals surface area contributed by atoms with Crippen LogP contribution in [0, 0.1) is 0 Å². The highest BCUT2D eigenvalue weighted by Crippen LogP contribution is 2.21. The Kier molecular flexibility index (Phi) is 4.73. The van der Waals surface area contributed by atoms with E-state index in [0.717, 1.165) is 12.6 Å². The van der Waals surface area contributed by atoms with Crippen LogP contribution in [-0.2, 0) is 0 Å². The van der Waals surface area contributed by atoms with Crippen molar-refractivity contribution in [3.8, 4) is 0 Å². The maximum Gasteiger partial charge on any atom is 0.374 e. The second-order valence-electron chi connectivity index (χ2n) is 5.06. The SMILES string of the molecule is CN(CCNC(=O)c1cc(C(=O)O)on1)C1CCCC1. The maximum atomic E-state index is 11.7. The summed E-state index contributed by atoms with van der Waals surface area (Å²) in [4.78, 5) is 24.6. The summed E-state index contributed by atoms with van der Waals surface area (Å²) in [5.41, 5.74) is -0.00841. The van der Waals surface area contributed by atoms with Gasteiger partial charge in [0.1, 0.15) is 0 Å². The van der Waals surface area contributed by atoms with Gasteiger partial charge in [-0.2, -0.15) is 0 Å². The molecule has 1 saturated carbocycles. The highest BCUT2D eigenvalue weighted by atomic mass is 16.5. The molecule has 1 aromatic rings. The number of nitrogens with zero attached hydrogens (tertiary/aromatic N) is 2. The number of amides is 1. The summed E-state index contributed by atoms with van der Waals surface area (Å²) in [6.45, 7) is 1.27. The van der Waals surface area contributed by atoms with E-state index in [9.17, 15) is 9.59 Å². The molecule has 1 amide bonds. The Balaban J connectivity index is 1.75. The molecule has 1 heterocycles. The molecule has 1 aliphatic rings. The fourth-order valence-corrected chi connectivity index (χ4v) is 2.45. The van der Waals surface area contributed by atoms with Crippen LogP contribution < -0.4 is 5.32 Å². The van der Waals surface area contributed by atoms with Crippen molar-refractivity contribution in [1.82, 2.24) is 15.4 Å². The first-order chi connectivity index (χ1) is 9.58. The quantitative estimate of drug-likeness (QED) is 0.807. The van der Waals surface area contributed by atoms with Gasteiger partial charge in [0.15, 0.2) is 5.69 Å². The number of carbonyl (C=O) groups is 2. The third-order valence-electron chi connectivity index (χ3n) is 3.65. The van der Waals surface area contributed by atoms with Gasteiger partial charge in [0.2, 0.25) is 5.76 Å². The van der Waals surface area contributed by atoms with E-state index in [0.29, 0.717) is 12.6 Å². The van der Waals surface area contributed by atoms with Crippen LogP contribution in [0.5, 0.6) is 0 Å². The summed E-state index contributed by atoms with van der Waals surface area (Å²) in [6, 6.07) is 1.73. The van der Waals surface area contributed by atoms with Gasteiger partial charge in [0.25, 0.3) is 5.91 Å². The van der Waals surface area contributed by atoms with Crippen molar-refractivity contribution in [1.29, 1.82) is 0 Å². The normalized spacial score (nSPS) is 15.7. The van der Waals surface area contributed by atoms with Crippen LogP contribution in [0.4, 0.5) is 0 Å². The predicted molar refractivity (Wildman–Crippen MR) is 70.7 cm³/mol. The van der Waals surface area contributed by atoms with Gasteiger partial charge in [0.05, 0.1) is 0 Å². The zero-order valence-electron chi connectivity index (χ0n) is 11.5. The number of aromatic carboxylic acids is 1. The van der Waals surface area contributed by atoms with E-state index in [4.69, 9.17) is 5.11 Å². The summed E-state index contributed by atoms with van der Waals surface area (Å²) < 4.78 is 4.54. The third kappa shape index (κ3) is 3.57. The molecule has 2 N–H and O–H groups in total. The lowest BCUT2D eigenvalue weighted by molar-refractivity contribution is 0.0651. The van der Waals surface area contributed by atoms with E-state index in [-0.39, 0.29) is 11.5 Å². The molecule has 7 heteroatoms. The van der Waals surface area contributed by atoms with Crippen molar-refractivity contribution in [3.05, 3.63) is 17.5 Å². The highest BCUT2D eigenvalue weighted by Gasteiger charge is 2.20. The van der Waals surface area contributed by atoms with Gasteiger partial charge in [-0.25, -0.2) is 4.79 Å². The van der Waals surface area contributed by atoms with Gasteiger partial charge < -0.3 is 19.8 Å². The second-order valence-corrected chi connectivity index (χ2v) is 5.06. The summed E-state index contributed by atoms with van der Waals surface area (Å²) in [7, 11) is 2.06. The molecule has 2 rings (SSSR count). The average Bonchev–Trinajstić information content (AvgIpc) is 3.09. The zero-order valence-corrected chi connectivity index (χ0v) is 11.5. The molecular formula is C13H19N3O4. The van der Waals surface area contributed by atoms with Gasteiger partial charge in [0, 0.05) is 25.2 Å². The molecule has 110 valence electrons. The number of carbonyl (C=O) groups excluding carboxylic acids is 1. The van der Waals surface area contributed by atoms with Crippen molar-refractivity contribution >= 4 is 11.9 Å². The zero-order chi connectivity index (χ0) is 14.5. The lowest BCUT2D eigenvalue weighted by Gasteiger charge is -2.23. The number of hydrogen-bond donors (Lipinski definition) is 2. The molecule has 0 aromatic carbocycles. The Morgan fingerprint density at radius 1 is 1.50 bits per heavy atom. The van der Waals surface area contributed by atoms with Crippen LogP contribution >= 0.6 is 0 Å². The minimum atomic E-state index is -1.24. The molecule has 1 fully saturated rings. The van der Waals surface area contributed by atoms with Gasteiger partial charge in [-0.3, -0.25) is 4.79 Å². The molecular weight excluding hydrogens is 262 g/mol. The van der Waals surface area contributed by atoms with Gasteiger partial charge in [-0.15, -0.1) is 0 Å². The average molecular weight is 281 g/mol. The van der Waals surface area contributed by atoms with Crippen LogP contribution in [0.15, 0.2) is 10.6 Å². The largest absolute Gasteiger partial charge is 0.475 e. The summed E-state index contributed by atoms with van der Waals surface area (Å²) >= 11 is 0. The molecule has 1 aliphatic carbocycles. The smallest absolute Gasteiger partial charge is 0.374 e. The van der Waals surface area contributed by atoms with E-state index in [1.165, 1.54) is 25.7 Å². The summed E-state index contributed by atoms with van der Waals surface area (Å²) in [6.07, 6.45) is 4.99. The molecule has 1 aromatic heterocycles. The standard InChI is InChI=1S/C13H19N3O4/c1-16(9-4-2-3-5-9)7-6-14-12(17)10-8-11(13(18)19)20-15-10/h8-9H,2-7H2,1H3,(H,14,17)(H,18,19). The Hall–Kier alpha value is -1.89. The fourth-order valence-electron chi connectivity index (χ4n) is 2.45. The van der Waals surface area contributed by atoms with E-state index in [1.54, 1.807) is 0 Å². The predicted octanol–water partition coefficient (Wildman–Crippen LogP) is 0.977. The van der Waals surface area contributed by atoms with E-state index >= 15 is 0 Å². The Morgan fingerprint density at radius 2 is 2.20 bits per heavy atom. The summed E-state index contributed by atoms with van der Waals surface area (Å²) in [5, 5.41) is 14.8. The molecule has 0 saturated heterocycles. The van der Waals surface area contributed by atoms with Crippen LogP contribution in [0.25, 0.3) is 0 Å². The fraction of sp³-hybridized carbons (Fsp3) is 0.615. The van der Waals surface area contributed by atoms with Crippen molar-refractivity contribution in [2.24, 2.45) is 0 Å². The van der Waals surface area contributed by atoms with Crippen LogP contribution in [0.3, 0.4) is 0 Å². The third-order valence-corrected chi connectivity index (χ3v) is 3.65. The molecule has 20 heavy (non-hydrogen) atoms. The number of hydrogen-bond acceptors (Lipinski definition) is 5. The minimum absolute atomic E-state index is 0.00841. The monoisotopic (exact) mass is 281 g/mol. The molecule has 0 radical (unpaired) electrons. The van der Waals surface area contributed by atoms with E-state index < -0.39 is 11.9 Å². The molecule has 0 bridgehead atoms. The number of nitrogens with one attached hydrogen (secondary N) is 1. The Labute approximate surface area is 116 Å². The Morgan fingerprint density at radius 3 is 2.80 bits per heavy atom. The molecule has 0 spiro atoms. The van der Waals surface area contributed by atoms with Gasteiger partial charge in [-0.1, -0.05) is 18.0 Å². The van der Waals surface area contributed by atoms with Crippen molar-refractivity contribution < 1.29 is 19.2 Å². The lowest BCUT2D eigenvalue weighted by Crippen LogP contribution is -2.37.